The monoisotopic (exact) mass is 254 g/mol. The lowest BCUT2D eigenvalue weighted by Crippen LogP contribution is -2.49. The summed E-state index contributed by atoms with van der Waals surface area (Å²) in [6.07, 6.45) is 2.06. The van der Waals surface area contributed by atoms with Gasteiger partial charge in [0.15, 0.2) is 0 Å². The number of rotatable bonds is 3. The fraction of sp³-hybridized carbons (Fsp3) is 0.571. The second kappa shape index (κ2) is 5.33. The van der Waals surface area contributed by atoms with Gasteiger partial charge in [0, 0.05) is 30.7 Å². The molecular formula is C14H20F2N2. The maximum atomic E-state index is 13.5. The number of hydrogen-bond donors (Lipinski definition) is 1. The summed E-state index contributed by atoms with van der Waals surface area (Å²) in [5.74, 6) is -0.693. The highest BCUT2D eigenvalue weighted by Gasteiger charge is 2.28. The maximum Gasteiger partial charge on any atom is 0.127 e. The molecule has 1 saturated heterocycles. The van der Waals surface area contributed by atoms with Crippen LogP contribution in [-0.2, 0) is 6.54 Å². The average Bonchev–Trinajstić information content (AvgIpc) is 2.37. The van der Waals surface area contributed by atoms with E-state index in [0.29, 0.717) is 12.1 Å². The zero-order valence-electron chi connectivity index (χ0n) is 11.0. The van der Waals surface area contributed by atoms with Gasteiger partial charge in [-0.3, -0.25) is 4.90 Å². The smallest absolute Gasteiger partial charge is 0.127 e. The molecule has 1 fully saturated rings. The van der Waals surface area contributed by atoms with Crippen LogP contribution in [0, 0.1) is 11.6 Å². The SMILES string of the molecule is CNC1(C)CCN(Cc2cc(F)ccc2F)CC1. The fourth-order valence-corrected chi connectivity index (χ4v) is 2.36. The van der Waals surface area contributed by atoms with E-state index in [4.69, 9.17) is 0 Å². The Kier molecular flexibility index (Phi) is 3.97. The van der Waals surface area contributed by atoms with Crippen molar-refractivity contribution in [3.8, 4) is 0 Å². The summed E-state index contributed by atoms with van der Waals surface area (Å²) in [5, 5.41) is 3.32. The van der Waals surface area contributed by atoms with E-state index in [9.17, 15) is 8.78 Å². The fourth-order valence-electron chi connectivity index (χ4n) is 2.36. The third-order valence-electron chi connectivity index (χ3n) is 3.96. The predicted octanol–water partition coefficient (Wildman–Crippen LogP) is 2.54. The maximum absolute atomic E-state index is 13.5. The lowest BCUT2D eigenvalue weighted by Gasteiger charge is -2.39. The van der Waals surface area contributed by atoms with Crippen molar-refractivity contribution in [2.75, 3.05) is 20.1 Å². The van der Waals surface area contributed by atoms with Crippen molar-refractivity contribution in [1.82, 2.24) is 10.2 Å². The Morgan fingerprint density at radius 2 is 1.94 bits per heavy atom. The average molecular weight is 254 g/mol. The van der Waals surface area contributed by atoms with Crippen molar-refractivity contribution in [1.29, 1.82) is 0 Å². The van der Waals surface area contributed by atoms with Gasteiger partial charge in [-0.1, -0.05) is 0 Å². The first-order valence-electron chi connectivity index (χ1n) is 6.38. The number of nitrogens with one attached hydrogen (secondary N) is 1. The molecule has 0 radical (unpaired) electrons. The number of hydrogen-bond acceptors (Lipinski definition) is 2. The molecule has 0 saturated carbocycles. The van der Waals surface area contributed by atoms with Crippen LogP contribution < -0.4 is 5.32 Å². The minimum atomic E-state index is -0.372. The molecule has 2 rings (SSSR count). The summed E-state index contributed by atoms with van der Waals surface area (Å²) >= 11 is 0. The van der Waals surface area contributed by atoms with E-state index < -0.39 is 0 Å². The van der Waals surface area contributed by atoms with Gasteiger partial charge in [0.25, 0.3) is 0 Å². The second-order valence-corrected chi connectivity index (χ2v) is 5.32. The minimum Gasteiger partial charge on any atom is -0.314 e. The summed E-state index contributed by atoms with van der Waals surface area (Å²) in [6.45, 7) is 4.51. The molecule has 2 nitrogen and oxygen atoms in total. The van der Waals surface area contributed by atoms with E-state index in [2.05, 4.69) is 17.1 Å². The Morgan fingerprint density at radius 1 is 1.28 bits per heavy atom. The lowest BCUT2D eigenvalue weighted by atomic mass is 9.90. The van der Waals surface area contributed by atoms with Crippen LogP contribution in [0.3, 0.4) is 0 Å². The van der Waals surface area contributed by atoms with Gasteiger partial charge in [0.2, 0.25) is 0 Å². The number of benzene rings is 1. The quantitative estimate of drug-likeness (QED) is 0.891. The Bertz CT molecular complexity index is 412. The van der Waals surface area contributed by atoms with E-state index >= 15 is 0 Å². The highest BCUT2D eigenvalue weighted by Crippen LogP contribution is 2.23. The molecule has 0 atom stereocenters. The van der Waals surface area contributed by atoms with E-state index in [0.717, 1.165) is 32.0 Å². The molecule has 0 aliphatic carbocycles. The molecule has 0 aromatic heterocycles. The van der Waals surface area contributed by atoms with Gasteiger partial charge in [-0.05, 0) is 45.0 Å². The van der Waals surface area contributed by atoms with Crippen LogP contribution in [-0.4, -0.2) is 30.6 Å². The van der Waals surface area contributed by atoms with Gasteiger partial charge in [-0.15, -0.1) is 0 Å². The molecule has 100 valence electrons. The highest BCUT2D eigenvalue weighted by atomic mass is 19.1. The van der Waals surface area contributed by atoms with Crippen LogP contribution in [0.25, 0.3) is 0 Å². The third kappa shape index (κ3) is 3.06. The Labute approximate surface area is 107 Å². The minimum absolute atomic E-state index is 0.178. The number of likely N-dealkylation sites (tertiary alicyclic amines) is 1. The van der Waals surface area contributed by atoms with Crippen LogP contribution in [0.1, 0.15) is 25.3 Å². The normalized spacial score (nSPS) is 20.0. The summed E-state index contributed by atoms with van der Waals surface area (Å²) < 4.78 is 26.6. The largest absolute Gasteiger partial charge is 0.314 e. The summed E-state index contributed by atoms with van der Waals surface area (Å²) in [4.78, 5) is 2.18. The van der Waals surface area contributed by atoms with Crippen molar-refractivity contribution >= 4 is 0 Å². The van der Waals surface area contributed by atoms with E-state index in [1.807, 2.05) is 7.05 Å². The third-order valence-corrected chi connectivity index (χ3v) is 3.96. The molecule has 1 aliphatic rings. The Balaban J connectivity index is 1.97. The van der Waals surface area contributed by atoms with Gasteiger partial charge >= 0.3 is 0 Å². The summed E-state index contributed by atoms with van der Waals surface area (Å²) in [7, 11) is 1.97. The van der Waals surface area contributed by atoms with Gasteiger partial charge < -0.3 is 5.32 Å². The molecule has 0 bridgehead atoms. The van der Waals surface area contributed by atoms with Crippen molar-refractivity contribution < 1.29 is 8.78 Å². The molecule has 0 spiro atoms. The highest BCUT2D eigenvalue weighted by molar-refractivity contribution is 5.18. The van der Waals surface area contributed by atoms with Crippen LogP contribution in [0.4, 0.5) is 8.78 Å². The van der Waals surface area contributed by atoms with Gasteiger partial charge in [-0.25, -0.2) is 8.78 Å². The second-order valence-electron chi connectivity index (χ2n) is 5.32. The molecule has 4 heteroatoms. The van der Waals surface area contributed by atoms with Crippen molar-refractivity contribution in [3.63, 3.8) is 0 Å². The molecule has 1 aromatic rings. The molecular weight excluding hydrogens is 234 g/mol. The number of nitrogens with zero attached hydrogens (tertiary/aromatic N) is 1. The molecule has 1 heterocycles. The van der Waals surface area contributed by atoms with Crippen molar-refractivity contribution in [2.24, 2.45) is 0 Å². The molecule has 1 N–H and O–H groups in total. The number of piperidine rings is 1. The van der Waals surface area contributed by atoms with Gasteiger partial charge in [-0.2, -0.15) is 0 Å². The zero-order chi connectivity index (χ0) is 13.2. The Morgan fingerprint density at radius 3 is 2.56 bits per heavy atom. The molecule has 1 aromatic carbocycles. The summed E-state index contributed by atoms with van der Waals surface area (Å²) in [5.41, 5.74) is 0.625. The van der Waals surface area contributed by atoms with Crippen molar-refractivity contribution in [2.45, 2.75) is 31.8 Å². The first-order chi connectivity index (χ1) is 8.52. The van der Waals surface area contributed by atoms with E-state index in [1.165, 1.54) is 12.1 Å². The first kappa shape index (κ1) is 13.4. The van der Waals surface area contributed by atoms with Crippen LogP contribution in [0.2, 0.25) is 0 Å². The summed E-state index contributed by atoms with van der Waals surface area (Å²) in [6, 6.07) is 3.65. The standard InChI is InChI=1S/C14H20F2N2/c1-14(17-2)5-7-18(8-6-14)10-11-9-12(15)3-4-13(11)16/h3-4,9,17H,5-8,10H2,1-2H3. The molecule has 1 aliphatic heterocycles. The molecule has 0 unspecified atom stereocenters. The first-order valence-corrected chi connectivity index (χ1v) is 6.38. The number of halogens is 2. The molecule has 0 amide bonds. The van der Waals surface area contributed by atoms with E-state index in [-0.39, 0.29) is 17.2 Å². The van der Waals surface area contributed by atoms with Crippen molar-refractivity contribution in [3.05, 3.63) is 35.4 Å². The predicted molar refractivity (Wildman–Crippen MR) is 68.3 cm³/mol. The topological polar surface area (TPSA) is 15.3 Å². The van der Waals surface area contributed by atoms with E-state index in [1.54, 1.807) is 0 Å². The van der Waals surface area contributed by atoms with Crippen LogP contribution in [0.5, 0.6) is 0 Å². The van der Waals surface area contributed by atoms with Gasteiger partial charge in [0.1, 0.15) is 11.6 Å². The van der Waals surface area contributed by atoms with Crippen LogP contribution in [0.15, 0.2) is 18.2 Å². The van der Waals surface area contributed by atoms with Crippen LogP contribution >= 0.6 is 0 Å². The lowest BCUT2D eigenvalue weighted by molar-refractivity contribution is 0.145. The zero-order valence-corrected chi connectivity index (χ0v) is 11.0. The molecule has 18 heavy (non-hydrogen) atoms. The van der Waals surface area contributed by atoms with Gasteiger partial charge in [0.05, 0.1) is 0 Å². The Hall–Kier alpha value is -1.00.